The van der Waals surface area contributed by atoms with Crippen molar-refractivity contribution in [2.75, 3.05) is 11.9 Å². The van der Waals surface area contributed by atoms with Gasteiger partial charge < -0.3 is 15.2 Å². The molecular formula is C18H23N3O3. The van der Waals surface area contributed by atoms with Crippen LogP contribution in [0.2, 0.25) is 0 Å². The third-order valence-corrected chi connectivity index (χ3v) is 4.33. The second-order valence-electron chi connectivity index (χ2n) is 5.99. The van der Waals surface area contributed by atoms with Crippen LogP contribution in [0.15, 0.2) is 30.5 Å². The molecule has 6 nitrogen and oxygen atoms in total. The zero-order valence-corrected chi connectivity index (χ0v) is 13.9. The van der Waals surface area contributed by atoms with E-state index in [1.54, 1.807) is 24.3 Å². The molecule has 1 amide bonds. The van der Waals surface area contributed by atoms with Crippen LogP contribution in [0, 0.1) is 0 Å². The van der Waals surface area contributed by atoms with Gasteiger partial charge in [0.25, 0.3) is 5.91 Å². The number of carbonyl (C=O) groups is 1. The molecule has 1 aliphatic rings. The number of amides is 1. The molecule has 1 heterocycles. The fourth-order valence-electron chi connectivity index (χ4n) is 3.10. The van der Waals surface area contributed by atoms with Gasteiger partial charge in [0.2, 0.25) is 0 Å². The largest absolute Gasteiger partial charge is 0.494 e. The summed E-state index contributed by atoms with van der Waals surface area (Å²) >= 11 is 0. The molecule has 0 bridgehead atoms. The SMILES string of the molecule is CCOc1ccc(NC(=O)c2ccn(C3CCCC3)n2)cc1CO. The Kier molecular flexibility index (Phi) is 5.15. The van der Waals surface area contributed by atoms with Crippen LogP contribution >= 0.6 is 0 Å². The smallest absolute Gasteiger partial charge is 0.276 e. The Labute approximate surface area is 141 Å². The summed E-state index contributed by atoms with van der Waals surface area (Å²) < 4.78 is 7.35. The van der Waals surface area contributed by atoms with E-state index in [-0.39, 0.29) is 12.5 Å². The standard InChI is InChI=1S/C18H23N3O3/c1-2-24-17-8-7-14(11-13(17)12-22)19-18(23)16-9-10-21(20-16)15-5-3-4-6-15/h7-11,15,22H,2-6,12H2,1H3,(H,19,23). The van der Waals surface area contributed by atoms with Crippen LogP contribution in [0.1, 0.15) is 54.7 Å². The molecule has 1 saturated carbocycles. The molecule has 128 valence electrons. The second-order valence-corrected chi connectivity index (χ2v) is 5.99. The van der Waals surface area contributed by atoms with E-state index in [2.05, 4.69) is 10.4 Å². The predicted molar refractivity (Wildman–Crippen MR) is 91.2 cm³/mol. The number of aliphatic hydroxyl groups is 1. The van der Waals surface area contributed by atoms with E-state index in [0.717, 1.165) is 12.8 Å². The first-order valence-corrected chi connectivity index (χ1v) is 8.44. The Morgan fingerprint density at radius 1 is 1.38 bits per heavy atom. The fraction of sp³-hybridized carbons (Fsp3) is 0.444. The van der Waals surface area contributed by atoms with E-state index in [9.17, 15) is 9.90 Å². The summed E-state index contributed by atoms with van der Waals surface area (Å²) in [5.74, 6) is 0.378. The summed E-state index contributed by atoms with van der Waals surface area (Å²) in [6.45, 7) is 2.27. The van der Waals surface area contributed by atoms with E-state index in [1.807, 2.05) is 17.8 Å². The molecule has 1 aromatic heterocycles. The first-order chi connectivity index (χ1) is 11.7. The highest BCUT2D eigenvalue weighted by Gasteiger charge is 2.19. The molecule has 0 radical (unpaired) electrons. The van der Waals surface area contributed by atoms with Crippen LogP contribution in [0.5, 0.6) is 5.75 Å². The molecule has 2 aromatic rings. The lowest BCUT2D eigenvalue weighted by Gasteiger charge is -2.11. The summed E-state index contributed by atoms with van der Waals surface area (Å²) in [7, 11) is 0. The van der Waals surface area contributed by atoms with Gasteiger partial charge >= 0.3 is 0 Å². The Morgan fingerprint density at radius 3 is 2.88 bits per heavy atom. The van der Waals surface area contributed by atoms with Crippen LogP contribution in [0.4, 0.5) is 5.69 Å². The van der Waals surface area contributed by atoms with Gasteiger partial charge in [-0.15, -0.1) is 0 Å². The highest BCUT2D eigenvalue weighted by atomic mass is 16.5. The minimum Gasteiger partial charge on any atom is -0.494 e. The van der Waals surface area contributed by atoms with Crippen molar-refractivity contribution in [1.82, 2.24) is 9.78 Å². The molecule has 1 aromatic carbocycles. The lowest BCUT2D eigenvalue weighted by atomic mass is 10.2. The Bertz CT molecular complexity index is 705. The fourth-order valence-corrected chi connectivity index (χ4v) is 3.10. The number of ether oxygens (including phenoxy) is 1. The zero-order valence-electron chi connectivity index (χ0n) is 13.9. The van der Waals surface area contributed by atoms with Gasteiger partial charge in [-0.2, -0.15) is 5.10 Å². The normalized spacial score (nSPS) is 14.8. The van der Waals surface area contributed by atoms with Crippen LogP contribution < -0.4 is 10.1 Å². The summed E-state index contributed by atoms with van der Waals surface area (Å²) in [6.07, 6.45) is 6.58. The van der Waals surface area contributed by atoms with Crippen molar-refractivity contribution in [3.8, 4) is 5.75 Å². The molecule has 0 unspecified atom stereocenters. The molecule has 24 heavy (non-hydrogen) atoms. The lowest BCUT2D eigenvalue weighted by molar-refractivity contribution is 0.102. The Morgan fingerprint density at radius 2 is 2.17 bits per heavy atom. The number of hydrogen-bond acceptors (Lipinski definition) is 4. The van der Waals surface area contributed by atoms with Crippen LogP contribution in [0.3, 0.4) is 0 Å². The maximum absolute atomic E-state index is 12.4. The van der Waals surface area contributed by atoms with Crippen molar-refractivity contribution < 1.29 is 14.6 Å². The van der Waals surface area contributed by atoms with Crippen molar-refractivity contribution in [3.63, 3.8) is 0 Å². The maximum Gasteiger partial charge on any atom is 0.276 e. The van der Waals surface area contributed by atoms with Crippen molar-refractivity contribution in [2.45, 2.75) is 45.3 Å². The van der Waals surface area contributed by atoms with Gasteiger partial charge in [0.15, 0.2) is 5.69 Å². The molecule has 1 fully saturated rings. The maximum atomic E-state index is 12.4. The van der Waals surface area contributed by atoms with E-state index in [0.29, 0.717) is 35.3 Å². The van der Waals surface area contributed by atoms with Gasteiger partial charge in [-0.25, -0.2) is 0 Å². The van der Waals surface area contributed by atoms with Gasteiger partial charge in [0.05, 0.1) is 19.3 Å². The number of rotatable bonds is 6. The third kappa shape index (κ3) is 3.59. The van der Waals surface area contributed by atoms with Crippen molar-refractivity contribution in [3.05, 3.63) is 41.7 Å². The molecule has 1 aliphatic carbocycles. The van der Waals surface area contributed by atoms with Crippen molar-refractivity contribution >= 4 is 11.6 Å². The van der Waals surface area contributed by atoms with Gasteiger partial charge in [-0.1, -0.05) is 12.8 Å². The molecule has 0 aliphatic heterocycles. The highest BCUT2D eigenvalue weighted by molar-refractivity contribution is 6.02. The quantitative estimate of drug-likeness (QED) is 0.853. The molecule has 6 heteroatoms. The first kappa shape index (κ1) is 16.5. The van der Waals surface area contributed by atoms with E-state index < -0.39 is 0 Å². The van der Waals surface area contributed by atoms with Gasteiger partial charge in [0.1, 0.15) is 5.75 Å². The monoisotopic (exact) mass is 329 g/mol. The average molecular weight is 329 g/mol. The lowest BCUT2D eigenvalue weighted by Crippen LogP contribution is -2.14. The number of nitrogens with zero attached hydrogens (tertiary/aromatic N) is 2. The minimum absolute atomic E-state index is 0.144. The van der Waals surface area contributed by atoms with Gasteiger partial charge in [-0.05, 0) is 44.0 Å². The predicted octanol–water partition coefficient (Wildman–Crippen LogP) is 3.14. The summed E-state index contributed by atoms with van der Waals surface area (Å²) in [4.78, 5) is 12.4. The molecular weight excluding hydrogens is 306 g/mol. The topological polar surface area (TPSA) is 76.4 Å². The molecule has 0 spiro atoms. The van der Waals surface area contributed by atoms with Crippen LogP contribution in [0.25, 0.3) is 0 Å². The number of benzene rings is 1. The molecule has 0 atom stereocenters. The van der Waals surface area contributed by atoms with Gasteiger partial charge in [-0.3, -0.25) is 9.48 Å². The molecule has 3 rings (SSSR count). The Hall–Kier alpha value is -2.34. The molecule has 2 N–H and O–H groups in total. The number of carbonyl (C=O) groups excluding carboxylic acids is 1. The average Bonchev–Trinajstić information content (AvgIpc) is 3.27. The first-order valence-electron chi connectivity index (χ1n) is 8.44. The summed E-state index contributed by atoms with van der Waals surface area (Å²) in [5, 5.41) is 16.7. The third-order valence-electron chi connectivity index (χ3n) is 4.33. The summed E-state index contributed by atoms with van der Waals surface area (Å²) in [6, 6.07) is 7.39. The van der Waals surface area contributed by atoms with E-state index in [1.165, 1.54) is 12.8 Å². The van der Waals surface area contributed by atoms with Gasteiger partial charge in [0, 0.05) is 17.4 Å². The number of aliphatic hydroxyl groups excluding tert-OH is 1. The van der Waals surface area contributed by atoms with E-state index >= 15 is 0 Å². The van der Waals surface area contributed by atoms with Crippen LogP contribution in [-0.4, -0.2) is 27.4 Å². The van der Waals surface area contributed by atoms with E-state index in [4.69, 9.17) is 4.74 Å². The number of hydrogen-bond donors (Lipinski definition) is 2. The number of aromatic nitrogens is 2. The number of anilines is 1. The molecule has 0 saturated heterocycles. The minimum atomic E-state index is -0.250. The zero-order chi connectivity index (χ0) is 16.9. The summed E-state index contributed by atoms with van der Waals surface area (Å²) in [5.41, 5.74) is 1.66. The second kappa shape index (κ2) is 7.49. The highest BCUT2D eigenvalue weighted by Crippen LogP contribution is 2.29. The van der Waals surface area contributed by atoms with Crippen molar-refractivity contribution in [1.29, 1.82) is 0 Å². The van der Waals surface area contributed by atoms with Crippen LogP contribution in [-0.2, 0) is 6.61 Å². The van der Waals surface area contributed by atoms with Crippen molar-refractivity contribution in [2.24, 2.45) is 0 Å². The Balaban J connectivity index is 1.70. The number of nitrogens with one attached hydrogen (secondary N) is 1.